The number of anilines is 1. The second kappa shape index (κ2) is 9.74. The fourth-order valence-corrected chi connectivity index (χ4v) is 5.83. The molecule has 0 radical (unpaired) electrons. The minimum absolute atomic E-state index is 0.0608. The van der Waals surface area contributed by atoms with E-state index in [1.165, 1.54) is 0 Å². The number of aromatic nitrogens is 2. The first-order valence-corrected chi connectivity index (χ1v) is 12.3. The minimum Gasteiger partial charge on any atom is -0.356 e. The lowest BCUT2D eigenvalue weighted by atomic mass is 9.95. The van der Waals surface area contributed by atoms with E-state index >= 15 is 0 Å². The Kier molecular flexibility index (Phi) is 6.82. The first-order chi connectivity index (χ1) is 15.0. The first kappa shape index (κ1) is 21.7. The van der Waals surface area contributed by atoms with Crippen LogP contribution in [0.3, 0.4) is 0 Å². The number of carbonyl (C=O) groups excluding carboxylic acids is 1. The molecule has 0 saturated carbocycles. The maximum absolute atomic E-state index is 12.8. The summed E-state index contributed by atoms with van der Waals surface area (Å²) >= 11 is 0. The number of rotatable bonds is 6. The number of carbonyl (C=O) groups is 1. The Bertz CT molecular complexity index is 963. The molecule has 31 heavy (non-hydrogen) atoms. The quantitative estimate of drug-likeness (QED) is 0.733. The summed E-state index contributed by atoms with van der Waals surface area (Å²) in [6.07, 6.45) is 8.38. The van der Waals surface area contributed by atoms with Crippen LogP contribution in [-0.2, 0) is 14.8 Å². The lowest BCUT2D eigenvalue weighted by Crippen LogP contribution is -2.46. The predicted molar refractivity (Wildman–Crippen MR) is 118 cm³/mol. The number of sulfonamides is 1. The molecule has 0 aliphatic carbocycles. The molecular formula is C22H29N5O3S. The molecule has 1 atom stereocenters. The fraction of sp³-hybridized carbons (Fsp3) is 0.500. The van der Waals surface area contributed by atoms with Crippen LogP contribution in [-0.4, -0.2) is 61.3 Å². The molecule has 1 aromatic carbocycles. The van der Waals surface area contributed by atoms with Crippen molar-refractivity contribution >= 4 is 21.7 Å². The van der Waals surface area contributed by atoms with Crippen LogP contribution >= 0.6 is 0 Å². The third-order valence-electron chi connectivity index (χ3n) is 6.19. The number of amides is 1. The van der Waals surface area contributed by atoms with Crippen molar-refractivity contribution in [1.82, 2.24) is 19.6 Å². The van der Waals surface area contributed by atoms with Crippen molar-refractivity contribution in [3.63, 3.8) is 0 Å². The molecular weight excluding hydrogens is 414 g/mol. The van der Waals surface area contributed by atoms with Crippen molar-refractivity contribution in [2.24, 2.45) is 11.8 Å². The van der Waals surface area contributed by atoms with E-state index in [9.17, 15) is 13.2 Å². The summed E-state index contributed by atoms with van der Waals surface area (Å²) in [5.41, 5.74) is 0. The summed E-state index contributed by atoms with van der Waals surface area (Å²) in [7, 11) is -3.44. The van der Waals surface area contributed by atoms with Crippen LogP contribution in [0.2, 0.25) is 0 Å². The average Bonchev–Trinajstić information content (AvgIpc) is 2.84. The molecule has 1 aromatic heterocycles. The van der Waals surface area contributed by atoms with E-state index in [2.05, 4.69) is 20.2 Å². The smallest absolute Gasteiger partial charge is 0.243 e. The van der Waals surface area contributed by atoms with Crippen molar-refractivity contribution in [2.75, 3.05) is 37.6 Å². The topological polar surface area (TPSA) is 95.5 Å². The zero-order valence-corrected chi connectivity index (χ0v) is 18.4. The second-order valence-corrected chi connectivity index (χ2v) is 10.2. The third kappa shape index (κ3) is 5.22. The van der Waals surface area contributed by atoms with Crippen LogP contribution < -0.4 is 10.2 Å². The van der Waals surface area contributed by atoms with Crippen molar-refractivity contribution < 1.29 is 13.2 Å². The van der Waals surface area contributed by atoms with Crippen LogP contribution in [0, 0.1) is 11.8 Å². The average molecular weight is 444 g/mol. The van der Waals surface area contributed by atoms with E-state index in [1.54, 1.807) is 47.2 Å². The van der Waals surface area contributed by atoms with Crippen LogP contribution in [0.25, 0.3) is 0 Å². The molecule has 1 amide bonds. The van der Waals surface area contributed by atoms with Gasteiger partial charge in [0.05, 0.1) is 17.0 Å². The Balaban J connectivity index is 1.25. The van der Waals surface area contributed by atoms with E-state index in [0.29, 0.717) is 37.0 Å². The van der Waals surface area contributed by atoms with E-state index in [0.717, 1.165) is 38.0 Å². The lowest BCUT2D eigenvalue weighted by Gasteiger charge is -2.34. The van der Waals surface area contributed by atoms with Gasteiger partial charge in [-0.15, -0.1) is 0 Å². The standard InChI is InChI=1S/C22H29N5O3S/c28-22(19-5-4-12-26(17-19)21-16-23-10-11-24-21)25-15-18-8-13-27(14-9-18)31(29,30)20-6-2-1-3-7-20/h1-3,6-7,10-11,16,18-19H,4-5,8-9,12-15,17H2,(H,25,28). The summed E-state index contributed by atoms with van der Waals surface area (Å²) in [5.74, 6) is 1.13. The van der Waals surface area contributed by atoms with Gasteiger partial charge in [0, 0.05) is 45.1 Å². The highest BCUT2D eigenvalue weighted by molar-refractivity contribution is 7.89. The molecule has 8 nitrogen and oxygen atoms in total. The minimum atomic E-state index is -3.44. The van der Waals surface area contributed by atoms with E-state index in [-0.39, 0.29) is 11.8 Å². The maximum atomic E-state index is 12.8. The van der Waals surface area contributed by atoms with Gasteiger partial charge in [-0.2, -0.15) is 4.31 Å². The monoisotopic (exact) mass is 443 g/mol. The predicted octanol–water partition coefficient (Wildman–Crippen LogP) is 1.91. The molecule has 2 aromatic rings. The van der Waals surface area contributed by atoms with E-state index in [1.807, 2.05) is 6.07 Å². The van der Waals surface area contributed by atoms with Crippen molar-refractivity contribution in [1.29, 1.82) is 0 Å². The molecule has 2 aliphatic rings. The molecule has 2 saturated heterocycles. The van der Waals surface area contributed by atoms with Crippen molar-refractivity contribution in [2.45, 2.75) is 30.6 Å². The van der Waals surface area contributed by atoms with Gasteiger partial charge in [-0.25, -0.2) is 13.4 Å². The highest BCUT2D eigenvalue weighted by atomic mass is 32.2. The zero-order valence-electron chi connectivity index (χ0n) is 17.6. The summed E-state index contributed by atoms with van der Waals surface area (Å²) in [6.45, 7) is 3.11. The Morgan fingerprint density at radius 3 is 2.55 bits per heavy atom. The van der Waals surface area contributed by atoms with Gasteiger partial charge >= 0.3 is 0 Å². The number of nitrogens with zero attached hydrogens (tertiary/aromatic N) is 4. The molecule has 0 spiro atoms. The SMILES string of the molecule is O=C(NCC1CCN(S(=O)(=O)c2ccccc2)CC1)C1CCCN(c2cnccn2)C1. The number of hydrogen-bond donors (Lipinski definition) is 1. The van der Waals surface area contributed by atoms with Gasteiger partial charge in [-0.05, 0) is 43.7 Å². The Morgan fingerprint density at radius 2 is 1.84 bits per heavy atom. The molecule has 166 valence electrons. The van der Waals surface area contributed by atoms with Crippen LogP contribution in [0.5, 0.6) is 0 Å². The van der Waals surface area contributed by atoms with Crippen LogP contribution in [0.15, 0.2) is 53.8 Å². The zero-order chi connectivity index (χ0) is 21.7. The molecule has 2 fully saturated rings. The first-order valence-electron chi connectivity index (χ1n) is 10.9. The molecule has 1 unspecified atom stereocenters. The summed E-state index contributed by atoms with van der Waals surface area (Å²) in [4.78, 5) is 23.7. The van der Waals surface area contributed by atoms with Gasteiger partial charge in [0.25, 0.3) is 0 Å². The maximum Gasteiger partial charge on any atom is 0.243 e. The van der Waals surface area contributed by atoms with E-state index < -0.39 is 10.0 Å². The molecule has 0 bridgehead atoms. The normalized spacial score (nSPS) is 21.0. The van der Waals surface area contributed by atoms with E-state index in [4.69, 9.17) is 0 Å². The number of benzene rings is 1. The molecule has 2 aliphatic heterocycles. The summed E-state index contributed by atoms with van der Waals surface area (Å²) < 4.78 is 27.1. The van der Waals surface area contributed by atoms with Gasteiger partial charge < -0.3 is 10.2 Å². The van der Waals surface area contributed by atoms with Crippen LogP contribution in [0.4, 0.5) is 5.82 Å². The van der Waals surface area contributed by atoms with Gasteiger partial charge in [0.2, 0.25) is 15.9 Å². The van der Waals surface area contributed by atoms with Crippen molar-refractivity contribution in [3.8, 4) is 0 Å². The third-order valence-corrected chi connectivity index (χ3v) is 8.10. The largest absolute Gasteiger partial charge is 0.356 e. The van der Waals surface area contributed by atoms with Gasteiger partial charge in [0.1, 0.15) is 5.82 Å². The molecule has 1 N–H and O–H groups in total. The van der Waals surface area contributed by atoms with Gasteiger partial charge in [-0.3, -0.25) is 9.78 Å². The number of nitrogens with one attached hydrogen (secondary N) is 1. The number of piperidine rings is 2. The van der Waals surface area contributed by atoms with Crippen LogP contribution in [0.1, 0.15) is 25.7 Å². The van der Waals surface area contributed by atoms with Crippen molar-refractivity contribution in [3.05, 3.63) is 48.9 Å². The lowest BCUT2D eigenvalue weighted by molar-refractivity contribution is -0.125. The fourth-order valence-electron chi connectivity index (χ4n) is 4.34. The highest BCUT2D eigenvalue weighted by Gasteiger charge is 2.31. The number of hydrogen-bond acceptors (Lipinski definition) is 6. The summed E-state index contributed by atoms with van der Waals surface area (Å²) in [5, 5.41) is 3.11. The Labute approximate surface area is 183 Å². The Hall–Kier alpha value is -2.52. The highest BCUT2D eigenvalue weighted by Crippen LogP contribution is 2.24. The second-order valence-electron chi connectivity index (χ2n) is 8.25. The van der Waals surface area contributed by atoms with Gasteiger partial charge in [0.15, 0.2) is 0 Å². The molecule has 9 heteroatoms. The molecule has 4 rings (SSSR count). The molecule has 3 heterocycles. The summed E-state index contributed by atoms with van der Waals surface area (Å²) in [6, 6.07) is 8.57. The Morgan fingerprint density at radius 1 is 1.06 bits per heavy atom. The van der Waals surface area contributed by atoms with Gasteiger partial charge in [-0.1, -0.05) is 18.2 Å².